The highest BCUT2D eigenvalue weighted by atomic mass is 16.2. The van der Waals surface area contributed by atoms with E-state index in [1.807, 2.05) is 57.3 Å². The van der Waals surface area contributed by atoms with Crippen molar-refractivity contribution in [1.82, 2.24) is 19.7 Å². The fourth-order valence-corrected chi connectivity index (χ4v) is 3.20. The first-order valence-electron chi connectivity index (χ1n) is 9.13. The Bertz CT molecular complexity index is 898. The molecule has 1 saturated carbocycles. The van der Waals surface area contributed by atoms with E-state index in [1.165, 1.54) is 0 Å². The smallest absolute Gasteiger partial charge is 0.261 e. The molecule has 0 spiro atoms. The van der Waals surface area contributed by atoms with Crippen LogP contribution in [0.25, 0.3) is 0 Å². The Kier molecular flexibility index (Phi) is 4.54. The average molecular weight is 356 g/mol. The van der Waals surface area contributed by atoms with Crippen molar-refractivity contribution in [1.29, 1.82) is 0 Å². The third-order valence-corrected chi connectivity index (χ3v) is 5.18. The van der Waals surface area contributed by atoms with Crippen LogP contribution in [-0.2, 0) is 19.0 Å². The number of nitrogens with one attached hydrogen (secondary N) is 1. The molecule has 3 rings (SSSR count). The van der Waals surface area contributed by atoms with Crippen LogP contribution >= 0.6 is 0 Å². The number of amides is 1. The predicted octanol–water partition coefficient (Wildman–Crippen LogP) is 2.83. The van der Waals surface area contributed by atoms with Crippen molar-refractivity contribution in [2.45, 2.75) is 65.5 Å². The summed E-state index contributed by atoms with van der Waals surface area (Å²) in [5, 5.41) is 4.44. The van der Waals surface area contributed by atoms with Crippen molar-refractivity contribution in [3.8, 4) is 0 Å². The summed E-state index contributed by atoms with van der Waals surface area (Å²) in [7, 11) is 1.91. The molecule has 0 aliphatic heterocycles. The van der Waals surface area contributed by atoms with Crippen LogP contribution in [0.1, 0.15) is 66.6 Å². The van der Waals surface area contributed by atoms with Crippen molar-refractivity contribution >= 4 is 5.91 Å². The number of carbonyl (C=O) groups excluding carboxylic acids is 1. The quantitative estimate of drug-likeness (QED) is 0.916. The van der Waals surface area contributed by atoms with Crippen LogP contribution in [-0.4, -0.2) is 31.6 Å². The number of aryl methyl sites for hydroxylation is 2. The van der Waals surface area contributed by atoms with E-state index in [0.29, 0.717) is 6.54 Å². The molecule has 1 amide bonds. The highest BCUT2D eigenvalue weighted by Crippen LogP contribution is 2.30. The monoisotopic (exact) mass is 356 g/mol. The van der Waals surface area contributed by atoms with Crippen molar-refractivity contribution in [2.24, 2.45) is 7.05 Å². The van der Waals surface area contributed by atoms with Gasteiger partial charge in [0.2, 0.25) is 0 Å². The predicted molar refractivity (Wildman–Crippen MR) is 101 cm³/mol. The van der Waals surface area contributed by atoms with Crippen LogP contribution in [0.4, 0.5) is 0 Å². The second kappa shape index (κ2) is 6.41. The lowest BCUT2D eigenvalue weighted by atomic mass is 9.91. The number of hydrogen-bond acceptors (Lipinski definition) is 3. The minimum Gasteiger partial charge on any atom is -0.331 e. The second-order valence-corrected chi connectivity index (χ2v) is 8.30. The van der Waals surface area contributed by atoms with Crippen LogP contribution in [0, 0.1) is 13.8 Å². The molecular formula is C20H28N4O2. The van der Waals surface area contributed by atoms with Crippen LogP contribution in [0.15, 0.2) is 16.9 Å². The minimum absolute atomic E-state index is 0.166. The van der Waals surface area contributed by atoms with Gasteiger partial charge in [0.05, 0.1) is 5.69 Å². The number of pyridine rings is 1. The molecule has 2 aromatic rings. The Labute approximate surface area is 154 Å². The van der Waals surface area contributed by atoms with E-state index < -0.39 is 0 Å². The summed E-state index contributed by atoms with van der Waals surface area (Å²) in [6.45, 7) is 10.6. The Morgan fingerprint density at radius 3 is 2.42 bits per heavy atom. The third-order valence-electron chi connectivity index (χ3n) is 5.18. The molecule has 6 nitrogen and oxygen atoms in total. The van der Waals surface area contributed by atoms with E-state index in [1.54, 1.807) is 6.07 Å². The minimum atomic E-state index is -0.312. The summed E-state index contributed by atoms with van der Waals surface area (Å²) in [6, 6.07) is 3.73. The molecule has 0 aromatic carbocycles. The average Bonchev–Trinajstić information content (AvgIpc) is 3.34. The van der Waals surface area contributed by atoms with Gasteiger partial charge in [-0.2, -0.15) is 5.10 Å². The van der Waals surface area contributed by atoms with Crippen LogP contribution < -0.4 is 5.56 Å². The summed E-state index contributed by atoms with van der Waals surface area (Å²) >= 11 is 0. The molecule has 0 bridgehead atoms. The number of aromatic nitrogens is 3. The summed E-state index contributed by atoms with van der Waals surface area (Å²) in [6.07, 6.45) is 1.98. The highest BCUT2D eigenvalue weighted by molar-refractivity contribution is 5.94. The largest absolute Gasteiger partial charge is 0.331 e. The van der Waals surface area contributed by atoms with E-state index >= 15 is 0 Å². The Balaban J connectivity index is 1.92. The van der Waals surface area contributed by atoms with E-state index in [9.17, 15) is 9.59 Å². The van der Waals surface area contributed by atoms with Gasteiger partial charge in [-0.3, -0.25) is 14.3 Å². The molecule has 0 unspecified atom stereocenters. The first-order chi connectivity index (χ1) is 12.1. The number of aromatic amines is 1. The number of rotatable bonds is 4. The fourth-order valence-electron chi connectivity index (χ4n) is 3.20. The topological polar surface area (TPSA) is 71.0 Å². The normalized spacial score (nSPS) is 14.5. The van der Waals surface area contributed by atoms with E-state index in [-0.39, 0.29) is 28.5 Å². The zero-order chi connectivity index (χ0) is 19.2. The standard InChI is InChI=1S/C20H28N4O2/c1-12-16(13(2)23(6)22-12)11-24(14-7-8-14)19(26)15-9-10-17(20(3,4)5)21-18(15)25/h9-10,14H,7-8,11H2,1-6H3,(H,21,25). The van der Waals surface area contributed by atoms with Gasteiger partial charge in [-0.15, -0.1) is 0 Å². The molecule has 2 heterocycles. The number of carbonyl (C=O) groups is 1. The maximum absolute atomic E-state index is 13.1. The van der Waals surface area contributed by atoms with Gasteiger partial charge in [0.1, 0.15) is 5.56 Å². The lowest BCUT2D eigenvalue weighted by Gasteiger charge is -2.23. The number of nitrogens with zero attached hydrogens (tertiary/aromatic N) is 3. The fraction of sp³-hybridized carbons (Fsp3) is 0.550. The molecule has 140 valence electrons. The lowest BCUT2D eigenvalue weighted by molar-refractivity contribution is 0.0727. The molecule has 26 heavy (non-hydrogen) atoms. The summed E-state index contributed by atoms with van der Waals surface area (Å²) < 4.78 is 1.84. The SMILES string of the molecule is Cc1nn(C)c(C)c1CN(C(=O)c1ccc(C(C)(C)C)[nH]c1=O)C1CC1. The maximum atomic E-state index is 13.1. The molecular weight excluding hydrogens is 328 g/mol. The van der Waals surface area contributed by atoms with Gasteiger partial charge in [0.25, 0.3) is 11.5 Å². The van der Waals surface area contributed by atoms with Gasteiger partial charge in [-0.25, -0.2) is 0 Å². The van der Waals surface area contributed by atoms with Gasteiger partial charge in [-0.05, 0) is 38.8 Å². The van der Waals surface area contributed by atoms with Crippen molar-refractivity contribution in [3.05, 3.63) is 50.7 Å². The summed E-state index contributed by atoms with van der Waals surface area (Å²) in [5.74, 6) is -0.197. The zero-order valence-corrected chi connectivity index (χ0v) is 16.5. The molecule has 6 heteroatoms. The lowest BCUT2D eigenvalue weighted by Crippen LogP contribution is -2.37. The van der Waals surface area contributed by atoms with E-state index in [4.69, 9.17) is 0 Å². The van der Waals surface area contributed by atoms with Crippen LogP contribution in [0.3, 0.4) is 0 Å². The van der Waals surface area contributed by atoms with Gasteiger partial charge < -0.3 is 9.88 Å². The van der Waals surface area contributed by atoms with Gasteiger partial charge in [0, 0.05) is 42.0 Å². The molecule has 2 aromatic heterocycles. The van der Waals surface area contributed by atoms with Crippen LogP contribution in [0.5, 0.6) is 0 Å². The first-order valence-corrected chi connectivity index (χ1v) is 9.13. The molecule has 1 aliphatic rings. The first kappa shape index (κ1) is 18.4. The summed E-state index contributed by atoms with van der Waals surface area (Å²) in [5.41, 5.74) is 3.61. The third kappa shape index (κ3) is 3.45. The van der Waals surface area contributed by atoms with Gasteiger partial charge >= 0.3 is 0 Å². The van der Waals surface area contributed by atoms with Crippen molar-refractivity contribution < 1.29 is 4.79 Å². The zero-order valence-electron chi connectivity index (χ0n) is 16.5. The van der Waals surface area contributed by atoms with Gasteiger partial charge in [-0.1, -0.05) is 20.8 Å². The van der Waals surface area contributed by atoms with E-state index in [2.05, 4.69) is 10.1 Å². The molecule has 1 N–H and O–H groups in total. The molecule has 1 aliphatic carbocycles. The van der Waals surface area contributed by atoms with Gasteiger partial charge in [0.15, 0.2) is 0 Å². The van der Waals surface area contributed by atoms with Crippen LogP contribution in [0.2, 0.25) is 0 Å². The molecule has 0 saturated heterocycles. The second-order valence-electron chi connectivity index (χ2n) is 8.30. The number of hydrogen-bond donors (Lipinski definition) is 1. The Morgan fingerprint density at radius 2 is 1.96 bits per heavy atom. The highest BCUT2D eigenvalue weighted by Gasteiger charge is 2.35. The maximum Gasteiger partial charge on any atom is 0.261 e. The van der Waals surface area contributed by atoms with Crippen molar-refractivity contribution in [2.75, 3.05) is 0 Å². The Morgan fingerprint density at radius 1 is 1.31 bits per heavy atom. The number of H-pyrrole nitrogens is 1. The van der Waals surface area contributed by atoms with Crippen molar-refractivity contribution in [3.63, 3.8) is 0 Å². The summed E-state index contributed by atoms with van der Waals surface area (Å²) in [4.78, 5) is 30.4. The molecule has 0 radical (unpaired) electrons. The molecule has 0 atom stereocenters. The molecule has 1 fully saturated rings. The van der Waals surface area contributed by atoms with E-state index in [0.717, 1.165) is 35.5 Å². The Hall–Kier alpha value is -2.37.